The Morgan fingerprint density at radius 2 is 0.549 bits per heavy atom. The van der Waals surface area contributed by atoms with Crippen molar-refractivity contribution in [1.82, 2.24) is 0 Å². The van der Waals surface area contributed by atoms with Crippen LogP contribution in [-0.4, -0.2) is 37.2 Å². The van der Waals surface area contributed by atoms with Crippen molar-refractivity contribution in [3.63, 3.8) is 0 Å². The van der Waals surface area contributed by atoms with Gasteiger partial charge in [-0.15, -0.1) is 0 Å². The number of hydrogen-bond acceptors (Lipinski definition) is 6. The first-order chi connectivity index (χ1) is 35.0. The Morgan fingerprint density at radius 1 is 0.296 bits per heavy atom. The summed E-state index contributed by atoms with van der Waals surface area (Å²) in [5, 5.41) is 0. The second kappa shape index (κ2) is 58.9. The average molecular weight is 988 g/mol. The lowest BCUT2D eigenvalue weighted by Gasteiger charge is -2.18. The molecule has 6 heteroatoms. The number of hydrogen-bond donors (Lipinski definition) is 0. The maximum absolute atomic E-state index is 12.9. The van der Waals surface area contributed by atoms with Gasteiger partial charge in [-0.1, -0.05) is 234 Å². The Kier molecular flexibility index (Phi) is 55.9. The highest BCUT2D eigenvalue weighted by Gasteiger charge is 2.19. The van der Waals surface area contributed by atoms with Crippen molar-refractivity contribution in [3.8, 4) is 0 Å². The zero-order valence-electron chi connectivity index (χ0n) is 46.5. The fourth-order valence-corrected chi connectivity index (χ4v) is 8.08. The van der Waals surface area contributed by atoms with Crippen molar-refractivity contribution >= 4 is 17.9 Å². The van der Waals surface area contributed by atoms with E-state index < -0.39 is 6.10 Å². The number of rotatable bonds is 53. The van der Waals surface area contributed by atoms with Crippen LogP contribution in [0.5, 0.6) is 0 Å². The van der Waals surface area contributed by atoms with E-state index in [2.05, 4.69) is 118 Å². The minimum Gasteiger partial charge on any atom is -0.462 e. The Bertz CT molecular complexity index is 1410. The fraction of sp³-hybridized carbons (Fsp3) is 0.708. The lowest BCUT2D eigenvalue weighted by molar-refractivity contribution is -0.167. The second-order valence-corrected chi connectivity index (χ2v) is 19.5. The predicted octanol–water partition coefficient (Wildman–Crippen LogP) is 20.1. The number of unbranched alkanes of at least 4 members (excludes halogenated alkanes) is 26. The van der Waals surface area contributed by atoms with E-state index in [0.717, 1.165) is 109 Å². The fourth-order valence-electron chi connectivity index (χ4n) is 8.08. The van der Waals surface area contributed by atoms with E-state index in [-0.39, 0.29) is 31.1 Å². The van der Waals surface area contributed by atoms with Gasteiger partial charge >= 0.3 is 17.9 Å². The van der Waals surface area contributed by atoms with Gasteiger partial charge in [0.25, 0.3) is 0 Å². The Balaban J connectivity index is 4.47. The van der Waals surface area contributed by atoms with Gasteiger partial charge in [0.05, 0.1) is 0 Å². The van der Waals surface area contributed by atoms with Crippen LogP contribution in [0.3, 0.4) is 0 Å². The molecule has 0 aromatic heterocycles. The summed E-state index contributed by atoms with van der Waals surface area (Å²) in [5.41, 5.74) is 0. The summed E-state index contributed by atoms with van der Waals surface area (Å²) in [6, 6.07) is 0. The minimum absolute atomic E-state index is 0.0938. The molecule has 0 radical (unpaired) electrons. The summed E-state index contributed by atoms with van der Waals surface area (Å²) in [4.78, 5) is 38.2. The zero-order valence-corrected chi connectivity index (χ0v) is 46.5. The van der Waals surface area contributed by atoms with Crippen LogP contribution in [0, 0.1) is 0 Å². The third-order valence-corrected chi connectivity index (χ3v) is 12.5. The molecule has 1 atom stereocenters. The molecular formula is C65H110O6. The van der Waals surface area contributed by atoms with Crippen LogP contribution in [0.1, 0.15) is 278 Å². The van der Waals surface area contributed by atoms with Crippen molar-refractivity contribution in [2.24, 2.45) is 0 Å². The Morgan fingerprint density at radius 3 is 0.915 bits per heavy atom. The lowest BCUT2D eigenvalue weighted by Crippen LogP contribution is -2.30. The predicted molar refractivity (Wildman–Crippen MR) is 307 cm³/mol. The van der Waals surface area contributed by atoms with Crippen LogP contribution in [0.15, 0.2) is 97.2 Å². The smallest absolute Gasteiger partial charge is 0.306 e. The minimum atomic E-state index is -0.799. The molecule has 71 heavy (non-hydrogen) atoms. The van der Waals surface area contributed by atoms with E-state index in [1.54, 1.807) is 0 Å². The number of esters is 3. The van der Waals surface area contributed by atoms with Gasteiger partial charge in [-0.05, 0) is 122 Å². The first-order valence-corrected chi connectivity index (χ1v) is 29.7. The molecule has 0 spiro atoms. The van der Waals surface area contributed by atoms with E-state index in [4.69, 9.17) is 14.2 Å². The molecular weight excluding hydrogens is 877 g/mol. The standard InChI is InChI=1S/C65H110O6/c1-4-7-10-13-16-19-22-25-28-31-32-35-37-40-43-46-49-52-55-58-64(67)70-61-62(71-65(68)59-56-53-50-47-44-41-38-34-30-27-24-21-18-15-12-9-6-3)60-69-63(66)57-54-51-48-45-42-39-36-33-29-26-23-20-17-14-11-8-5-2/h7,10,16,18-19,21,25-30,32,35,40,43,62H,4-6,8-9,11-15,17,20,22-24,31,33-34,36-39,41-42,44-61H2,1-3H3/b10-7-,19-16-,21-18-,28-25-,29-26-,30-27-,35-32-,43-40-/t62-/m1/s1. The van der Waals surface area contributed by atoms with E-state index in [1.165, 1.54) is 128 Å². The molecule has 0 heterocycles. The summed E-state index contributed by atoms with van der Waals surface area (Å²) in [6.45, 7) is 6.47. The molecule has 6 nitrogen and oxygen atoms in total. The maximum Gasteiger partial charge on any atom is 0.306 e. The molecule has 0 aromatic rings. The molecule has 0 amide bonds. The summed E-state index contributed by atoms with van der Waals surface area (Å²) >= 11 is 0. The van der Waals surface area contributed by atoms with E-state index in [0.29, 0.717) is 19.3 Å². The van der Waals surface area contributed by atoms with Crippen LogP contribution in [0.25, 0.3) is 0 Å². The summed E-state index contributed by atoms with van der Waals surface area (Å²) in [6.07, 6.45) is 78.2. The van der Waals surface area contributed by atoms with Crippen molar-refractivity contribution in [1.29, 1.82) is 0 Å². The topological polar surface area (TPSA) is 78.9 Å². The molecule has 0 N–H and O–H groups in total. The van der Waals surface area contributed by atoms with Crippen molar-refractivity contribution in [2.75, 3.05) is 13.2 Å². The molecule has 0 aliphatic heterocycles. The third kappa shape index (κ3) is 57.1. The van der Waals surface area contributed by atoms with Crippen molar-refractivity contribution in [2.45, 2.75) is 284 Å². The first-order valence-electron chi connectivity index (χ1n) is 29.7. The summed E-state index contributed by atoms with van der Waals surface area (Å²) < 4.78 is 16.9. The van der Waals surface area contributed by atoms with Crippen LogP contribution in [-0.2, 0) is 28.6 Å². The van der Waals surface area contributed by atoms with Crippen molar-refractivity contribution < 1.29 is 28.6 Å². The zero-order chi connectivity index (χ0) is 51.4. The Labute approximate surface area is 438 Å². The van der Waals surface area contributed by atoms with E-state index in [9.17, 15) is 14.4 Å². The third-order valence-electron chi connectivity index (χ3n) is 12.5. The molecule has 0 fully saturated rings. The number of ether oxygens (including phenoxy) is 3. The highest BCUT2D eigenvalue weighted by Crippen LogP contribution is 2.15. The average Bonchev–Trinajstić information content (AvgIpc) is 3.37. The van der Waals surface area contributed by atoms with Crippen molar-refractivity contribution in [3.05, 3.63) is 97.2 Å². The van der Waals surface area contributed by atoms with Crippen LogP contribution < -0.4 is 0 Å². The van der Waals surface area contributed by atoms with Gasteiger partial charge in [0.2, 0.25) is 0 Å². The number of carbonyl (C=O) groups excluding carboxylic acids is 3. The Hall–Kier alpha value is -3.67. The molecule has 0 saturated heterocycles. The molecule has 0 aromatic carbocycles. The molecule has 0 aliphatic carbocycles. The molecule has 0 aliphatic rings. The molecule has 0 bridgehead atoms. The van der Waals surface area contributed by atoms with E-state index >= 15 is 0 Å². The van der Waals surface area contributed by atoms with Gasteiger partial charge in [0, 0.05) is 19.3 Å². The number of carbonyl (C=O) groups is 3. The van der Waals surface area contributed by atoms with Gasteiger partial charge in [-0.3, -0.25) is 14.4 Å². The van der Waals surface area contributed by atoms with Gasteiger partial charge in [0.1, 0.15) is 13.2 Å². The number of allylic oxidation sites excluding steroid dienone is 16. The van der Waals surface area contributed by atoms with Crippen LogP contribution in [0.4, 0.5) is 0 Å². The molecule has 0 saturated carbocycles. The van der Waals surface area contributed by atoms with Gasteiger partial charge in [-0.2, -0.15) is 0 Å². The SMILES string of the molecule is CC/C=C\C/C=C\C/C=C\C/C=C\C/C=C\CCCCCC(=O)OC[C@@H](COC(=O)CCCCCCCCC/C=C\CCCCCCCC)OC(=O)CCCCCCCCC/C=C\C/C=C\CCCCC. The van der Waals surface area contributed by atoms with E-state index in [1.807, 2.05) is 0 Å². The highest BCUT2D eigenvalue weighted by atomic mass is 16.6. The summed E-state index contributed by atoms with van der Waals surface area (Å²) in [7, 11) is 0. The maximum atomic E-state index is 12.9. The molecule has 0 rings (SSSR count). The largest absolute Gasteiger partial charge is 0.462 e. The lowest BCUT2D eigenvalue weighted by atomic mass is 10.1. The molecule has 406 valence electrons. The quantitative estimate of drug-likeness (QED) is 0.0261. The first kappa shape index (κ1) is 67.3. The van der Waals surface area contributed by atoms with Gasteiger partial charge in [0.15, 0.2) is 6.10 Å². The van der Waals surface area contributed by atoms with Crippen LogP contribution in [0.2, 0.25) is 0 Å². The summed E-state index contributed by atoms with van der Waals surface area (Å²) in [5.74, 6) is -0.934. The monoisotopic (exact) mass is 987 g/mol. The van der Waals surface area contributed by atoms with Gasteiger partial charge in [-0.25, -0.2) is 0 Å². The van der Waals surface area contributed by atoms with Crippen LogP contribution >= 0.6 is 0 Å². The normalized spacial score (nSPS) is 12.8. The highest BCUT2D eigenvalue weighted by molar-refractivity contribution is 5.71. The molecule has 0 unspecified atom stereocenters. The second-order valence-electron chi connectivity index (χ2n) is 19.5. The van der Waals surface area contributed by atoms with Gasteiger partial charge < -0.3 is 14.2 Å².